The zero-order valence-corrected chi connectivity index (χ0v) is 13.2. The molecule has 5 nitrogen and oxygen atoms in total. The summed E-state index contributed by atoms with van der Waals surface area (Å²) in [5.41, 5.74) is 0. The molecule has 2 rings (SSSR count). The third kappa shape index (κ3) is 3.97. The molecule has 116 valence electrons. The number of hydrogen-bond donors (Lipinski definition) is 0. The van der Waals surface area contributed by atoms with Gasteiger partial charge in [-0.15, -0.1) is 0 Å². The fraction of sp³-hybridized carbons (Fsp3) is 0.533. The number of nitrogens with zero attached hydrogens (tertiary/aromatic N) is 1. The zero-order valence-electron chi connectivity index (χ0n) is 12.4. The van der Waals surface area contributed by atoms with Gasteiger partial charge in [0.25, 0.3) is 5.91 Å². The van der Waals surface area contributed by atoms with E-state index in [0.29, 0.717) is 18.7 Å². The van der Waals surface area contributed by atoms with E-state index in [-0.39, 0.29) is 23.5 Å². The standard InChI is InChI=1S/C15H21NO4S/c1-3-16(13-9-10-21(18,19)11-13)15(17)12(2)20-14-7-5-4-6-8-14/h4-8,12-13H,3,9-11H2,1-2H3. The van der Waals surface area contributed by atoms with E-state index >= 15 is 0 Å². The molecule has 0 N–H and O–H groups in total. The fourth-order valence-corrected chi connectivity index (χ4v) is 4.33. The first kappa shape index (κ1) is 15.8. The van der Waals surface area contributed by atoms with Crippen molar-refractivity contribution in [1.29, 1.82) is 0 Å². The maximum Gasteiger partial charge on any atom is 0.263 e. The molecule has 1 aliphatic rings. The van der Waals surface area contributed by atoms with Crippen LogP contribution in [0.3, 0.4) is 0 Å². The highest BCUT2D eigenvalue weighted by atomic mass is 32.2. The number of carbonyl (C=O) groups excluding carboxylic acids is 1. The van der Waals surface area contributed by atoms with Gasteiger partial charge >= 0.3 is 0 Å². The summed E-state index contributed by atoms with van der Waals surface area (Å²) < 4.78 is 28.8. The van der Waals surface area contributed by atoms with Gasteiger partial charge in [0.05, 0.1) is 11.5 Å². The Morgan fingerprint density at radius 1 is 1.38 bits per heavy atom. The van der Waals surface area contributed by atoms with E-state index in [4.69, 9.17) is 4.74 Å². The van der Waals surface area contributed by atoms with Crippen molar-refractivity contribution < 1.29 is 17.9 Å². The number of hydrogen-bond acceptors (Lipinski definition) is 4. The Balaban J connectivity index is 2.03. The van der Waals surface area contributed by atoms with E-state index in [1.54, 1.807) is 24.0 Å². The van der Waals surface area contributed by atoms with Crippen LogP contribution < -0.4 is 4.74 Å². The minimum atomic E-state index is -3.00. The molecular formula is C15H21NO4S. The molecule has 1 aromatic carbocycles. The zero-order chi connectivity index (χ0) is 15.5. The average Bonchev–Trinajstić information content (AvgIpc) is 2.80. The fourth-order valence-electron chi connectivity index (χ4n) is 2.60. The lowest BCUT2D eigenvalue weighted by Gasteiger charge is -2.29. The van der Waals surface area contributed by atoms with Gasteiger partial charge in [-0.3, -0.25) is 4.79 Å². The summed E-state index contributed by atoms with van der Waals surface area (Å²) in [6.07, 6.45) is -0.115. The van der Waals surface area contributed by atoms with Gasteiger partial charge in [0.2, 0.25) is 0 Å². The molecule has 0 spiro atoms. The molecule has 0 bridgehead atoms. The molecule has 0 radical (unpaired) electrons. The second-order valence-corrected chi connectivity index (χ2v) is 7.48. The van der Waals surface area contributed by atoms with Crippen molar-refractivity contribution in [3.63, 3.8) is 0 Å². The molecule has 2 atom stereocenters. The lowest BCUT2D eigenvalue weighted by atomic mass is 10.2. The molecule has 1 aliphatic heterocycles. The van der Waals surface area contributed by atoms with Gasteiger partial charge in [-0.25, -0.2) is 8.42 Å². The van der Waals surface area contributed by atoms with Gasteiger partial charge in [0.15, 0.2) is 15.9 Å². The monoisotopic (exact) mass is 311 g/mol. The van der Waals surface area contributed by atoms with E-state index in [2.05, 4.69) is 0 Å². The first-order valence-electron chi connectivity index (χ1n) is 7.15. The summed E-state index contributed by atoms with van der Waals surface area (Å²) in [4.78, 5) is 14.1. The van der Waals surface area contributed by atoms with Crippen LogP contribution in [0.1, 0.15) is 20.3 Å². The Bertz CT molecular complexity index is 585. The minimum absolute atomic E-state index is 0.0602. The molecule has 6 heteroatoms. The number of likely N-dealkylation sites (N-methyl/N-ethyl adjacent to an activating group) is 1. The Hall–Kier alpha value is -1.56. The first-order valence-corrected chi connectivity index (χ1v) is 8.97. The number of amides is 1. The van der Waals surface area contributed by atoms with Crippen LogP contribution in [0.15, 0.2) is 30.3 Å². The molecule has 1 heterocycles. The van der Waals surface area contributed by atoms with E-state index in [9.17, 15) is 13.2 Å². The van der Waals surface area contributed by atoms with Gasteiger partial charge in [0, 0.05) is 12.6 Å². The Labute approximate surface area is 125 Å². The maximum absolute atomic E-state index is 12.5. The summed E-state index contributed by atoms with van der Waals surface area (Å²) >= 11 is 0. The van der Waals surface area contributed by atoms with Gasteiger partial charge in [-0.1, -0.05) is 18.2 Å². The van der Waals surface area contributed by atoms with Crippen LogP contribution in [-0.2, 0) is 14.6 Å². The number of carbonyl (C=O) groups is 1. The highest BCUT2D eigenvalue weighted by Gasteiger charge is 2.35. The smallest absolute Gasteiger partial charge is 0.263 e. The van der Waals surface area contributed by atoms with E-state index in [1.807, 2.05) is 25.1 Å². The quantitative estimate of drug-likeness (QED) is 0.826. The van der Waals surface area contributed by atoms with Crippen molar-refractivity contribution in [3.05, 3.63) is 30.3 Å². The molecule has 1 aromatic rings. The normalized spacial score (nSPS) is 21.7. The van der Waals surface area contributed by atoms with Crippen molar-refractivity contribution in [2.75, 3.05) is 18.1 Å². The lowest BCUT2D eigenvalue weighted by Crippen LogP contribution is -2.46. The predicted molar refractivity (Wildman–Crippen MR) is 81.0 cm³/mol. The lowest BCUT2D eigenvalue weighted by molar-refractivity contribution is -0.139. The topological polar surface area (TPSA) is 63.7 Å². The summed E-state index contributed by atoms with van der Waals surface area (Å²) in [7, 11) is -3.00. The third-order valence-corrected chi connectivity index (χ3v) is 5.43. The van der Waals surface area contributed by atoms with E-state index < -0.39 is 15.9 Å². The summed E-state index contributed by atoms with van der Waals surface area (Å²) in [6.45, 7) is 4.04. The van der Waals surface area contributed by atoms with Gasteiger partial charge in [-0.05, 0) is 32.4 Å². The average molecular weight is 311 g/mol. The Kier molecular flexibility index (Phi) is 4.88. The predicted octanol–water partition coefficient (Wildman–Crippen LogP) is 1.49. The van der Waals surface area contributed by atoms with Gasteiger partial charge in [-0.2, -0.15) is 0 Å². The highest BCUT2D eigenvalue weighted by Crippen LogP contribution is 2.20. The molecule has 1 amide bonds. The van der Waals surface area contributed by atoms with Crippen molar-refractivity contribution in [1.82, 2.24) is 4.90 Å². The molecule has 0 aromatic heterocycles. The van der Waals surface area contributed by atoms with E-state index in [0.717, 1.165) is 0 Å². The molecule has 21 heavy (non-hydrogen) atoms. The van der Waals surface area contributed by atoms with Crippen LogP contribution in [0.2, 0.25) is 0 Å². The number of ether oxygens (including phenoxy) is 1. The summed E-state index contributed by atoms with van der Waals surface area (Å²) in [6, 6.07) is 8.91. The van der Waals surface area contributed by atoms with E-state index in [1.165, 1.54) is 0 Å². The molecule has 0 saturated carbocycles. The highest BCUT2D eigenvalue weighted by molar-refractivity contribution is 7.91. The van der Waals surface area contributed by atoms with Gasteiger partial charge < -0.3 is 9.64 Å². The molecule has 2 unspecified atom stereocenters. The molecule has 1 saturated heterocycles. The van der Waals surface area contributed by atoms with Crippen LogP contribution >= 0.6 is 0 Å². The minimum Gasteiger partial charge on any atom is -0.481 e. The van der Waals surface area contributed by atoms with Crippen molar-refractivity contribution in [2.45, 2.75) is 32.4 Å². The number of benzene rings is 1. The van der Waals surface area contributed by atoms with Crippen LogP contribution in [0.4, 0.5) is 0 Å². The van der Waals surface area contributed by atoms with Crippen molar-refractivity contribution in [2.24, 2.45) is 0 Å². The Morgan fingerprint density at radius 3 is 2.57 bits per heavy atom. The number of para-hydroxylation sites is 1. The third-order valence-electron chi connectivity index (χ3n) is 3.68. The summed E-state index contributed by atoms with van der Waals surface area (Å²) in [5, 5.41) is 0. The first-order chi connectivity index (χ1) is 9.93. The molecular weight excluding hydrogens is 290 g/mol. The molecule has 0 aliphatic carbocycles. The van der Waals surface area contributed by atoms with Gasteiger partial charge in [0.1, 0.15) is 5.75 Å². The maximum atomic E-state index is 12.5. The second kappa shape index (κ2) is 6.47. The Morgan fingerprint density at radius 2 is 2.05 bits per heavy atom. The second-order valence-electron chi connectivity index (χ2n) is 5.25. The van der Waals surface area contributed by atoms with Crippen molar-refractivity contribution in [3.8, 4) is 5.75 Å². The van der Waals surface area contributed by atoms with Crippen molar-refractivity contribution >= 4 is 15.7 Å². The van der Waals surface area contributed by atoms with Crippen LogP contribution in [0.5, 0.6) is 5.75 Å². The number of rotatable bonds is 5. The largest absolute Gasteiger partial charge is 0.481 e. The van der Waals surface area contributed by atoms with Crippen LogP contribution in [0.25, 0.3) is 0 Å². The van der Waals surface area contributed by atoms with Crippen LogP contribution in [0, 0.1) is 0 Å². The summed E-state index contributed by atoms with van der Waals surface area (Å²) in [5.74, 6) is 0.692. The number of sulfone groups is 1. The van der Waals surface area contributed by atoms with Crippen LogP contribution in [-0.4, -0.2) is 49.4 Å². The SMILES string of the molecule is CCN(C(=O)C(C)Oc1ccccc1)C1CCS(=O)(=O)C1. The molecule has 1 fully saturated rings.